The summed E-state index contributed by atoms with van der Waals surface area (Å²) in [5.74, 6) is 0.249. The second kappa shape index (κ2) is 7.03. The predicted molar refractivity (Wildman–Crippen MR) is 86.6 cm³/mol. The highest BCUT2D eigenvalue weighted by atomic mass is 35.5. The summed E-state index contributed by atoms with van der Waals surface area (Å²) in [5.41, 5.74) is 0.484. The average molecular weight is 345 g/mol. The smallest absolute Gasteiger partial charge is 0.265 e. The zero-order valence-corrected chi connectivity index (χ0v) is 13.3. The number of carbonyl (C=O) groups is 1. The van der Waals surface area contributed by atoms with E-state index >= 15 is 0 Å². The normalized spacial score (nSPS) is 11.8. The lowest BCUT2D eigenvalue weighted by molar-refractivity contribution is -0.122. The van der Waals surface area contributed by atoms with Gasteiger partial charge in [0.2, 0.25) is 0 Å². The molecule has 1 atom stereocenters. The molecule has 0 bridgehead atoms. The van der Waals surface area contributed by atoms with Crippen LogP contribution in [-0.2, 0) is 4.79 Å². The molecule has 1 N–H and O–H groups in total. The van der Waals surface area contributed by atoms with Gasteiger partial charge in [0.25, 0.3) is 5.91 Å². The van der Waals surface area contributed by atoms with E-state index in [0.29, 0.717) is 26.5 Å². The highest BCUT2D eigenvalue weighted by Gasteiger charge is 2.16. The van der Waals surface area contributed by atoms with E-state index in [1.807, 2.05) is 0 Å². The molecule has 21 heavy (non-hydrogen) atoms. The number of halogens is 3. The molecular formula is C15H12Cl3NO2. The van der Waals surface area contributed by atoms with Crippen LogP contribution >= 0.6 is 34.8 Å². The first-order valence-electron chi connectivity index (χ1n) is 6.14. The molecule has 0 spiro atoms. The third kappa shape index (κ3) is 4.53. The molecule has 0 aliphatic heterocycles. The number of carbonyl (C=O) groups excluding carboxylic acids is 1. The molecule has 1 amide bonds. The van der Waals surface area contributed by atoms with Gasteiger partial charge in [0.15, 0.2) is 6.10 Å². The number of rotatable bonds is 4. The van der Waals surface area contributed by atoms with E-state index in [-0.39, 0.29) is 5.91 Å². The maximum Gasteiger partial charge on any atom is 0.265 e. The first-order chi connectivity index (χ1) is 9.95. The van der Waals surface area contributed by atoms with Crippen molar-refractivity contribution in [2.75, 3.05) is 5.32 Å². The van der Waals surface area contributed by atoms with E-state index in [1.54, 1.807) is 49.4 Å². The minimum atomic E-state index is -0.682. The topological polar surface area (TPSA) is 38.3 Å². The number of benzene rings is 2. The second-order valence-electron chi connectivity index (χ2n) is 4.33. The standard InChI is InChI=1S/C15H12Cl3NO2/c1-9(21-12-5-2-10(16)3-6-12)15(20)19-14-7-4-11(17)8-13(14)18/h2-9H,1H3,(H,19,20)/t9-/m0/s1. The minimum absolute atomic E-state index is 0.311. The average Bonchev–Trinajstić information content (AvgIpc) is 2.44. The van der Waals surface area contributed by atoms with Gasteiger partial charge in [-0.15, -0.1) is 0 Å². The fourth-order valence-electron chi connectivity index (χ4n) is 1.60. The largest absolute Gasteiger partial charge is 0.481 e. The maximum atomic E-state index is 12.1. The van der Waals surface area contributed by atoms with Crippen molar-refractivity contribution in [1.82, 2.24) is 0 Å². The Morgan fingerprint density at radius 3 is 2.29 bits per heavy atom. The summed E-state index contributed by atoms with van der Waals surface area (Å²) in [6, 6.07) is 11.6. The zero-order chi connectivity index (χ0) is 15.4. The predicted octanol–water partition coefficient (Wildman–Crippen LogP) is 5.05. The van der Waals surface area contributed by atoms with E-state index in [2.05, 4.69) is 5.32 Å². The quantitative estimate of drug-likeness (QED) is 0.842. The van der Waals surface area contributed by atoms with E-state index in [1.165, 1.54) is 0 Å². The van der Waals surface area contributed by atoms with Crippen molar-refractivity contribution in [2.24, 2.45) is 0 Å². The number of amides is 1. The lowest BCUT2D eigenvalue weighted by Gasteiger charge is -2.15. The number of hydrogen-bond acceptors (Lipinski definition) is 2. The summed E-state index contributed by atoms with van der Waals surface area (Å²) in [6.45, 7) is 1.65. The Morgan fingerprint density at radius 1 is 1.05 bits per heavy atom. The molecule has 0 unspecified atom stereocenters. The number of nitrogens with one attached hydrogen (secondary N) is 1. The number of ether oxygens (including phenoxy) is 1. The third-order valence-electron chi connectivity index (χ3n) is 2.68. The lowest BCUT2D eigenvalue weighted by Crippen LogP contribution is -2.30. The Morgan fingerprint density at radius 2 is 1.67 bits per heavy atom. The highest BCUT2D eigenvalue weighted by molar-refractivity contribution is 6.36. The van der Waals surface area contributed by atoms with Gasteiger partial charge in [0.1, 0.15) is 5.75 Å². The SMILES string of the molecule is C[C@H](Oc1ccc(Cl)cc1)C(=O)Nc1ccc(Cl)cc1Cl. The number of anilines is 1. The highest BCUT2D eigenvalue weighted by Crippen LogP contribution is 2.25. The molecule has 6 heteroatoms. The first kappa shape index (κ1) is 16.0. The molecule has 2 rings (SSSR count). The first-order valence-corrected chi connectivity index (χ1v) is 7.27. The molecule has 110 valence electrons. The van der Waals surface area contributed by atoms with Crippen LogP contribution in [0.1, 0.15) is 6.92 Å². The monoisotopic (exact) mass is 343 g/mol. The summed E-state index contributed by atoms with van der Waals surface area (Å²) in [5, 5.41) is 4.17. The van der Waals surface area contributed by atoms with E-state index in [4.69, 9.17) is 39.5 Å². The van der Waals surface area contributed by atoms with Crippen LogP contribution in [0.15, 0.2) is 42.5 Å². The maximum absolute atomic E-state index is 12.1. The molecule has 0 saturated heterocycles. The zero-order valence-electron chi connectivity index (χ0n) is 11.1. The van der Waals surface area contributed by atoms with Crippen LogP contribution in [0.25, 0.3) is 0 Å². The minimum Gasteiger partial charge on any atom is -0.481 e. The van der Waals surface area contributed by atoms with Crippen LogP contribution in [0.2, 0.25) is 15.1 Å². The summed E-state index contributed by atoms with van der Waals surface area (Å²) in [4.78, 5) is 12.1. The molecule has 0 fully saturated rings. The molecule has 0 saturated carbocycles. The van der Waals surface area contributed by atoms with Gasteiger partial charge in [-0.1, -0.05) is 34.8 Å². The van der Waals surface area contributed by atoms with Gasteiger partial charge in [0.05, 0.1) is 10.7 Å². The molecule has 0 radical (unpaired) electrons. The molecule has 2 aromatic carbocycles. The molecule has 0 aliphatic carbocycles. The van der Waals surface area contributed by atoms with E-state index in [9.17, 15) is 4.79 Å². The van der Waals surface area contributed by atoms with Crippen LogP contribution in [0.5, 0.6) is 5.75 Å². The fraction of sp³-hybridized carbons (Fsp3) is 0.133. The summed E-state index contributed by atoms with van der Waals surface area (Å²) in [6.07, 6.45) is -0.682. The van der Waals surface area contributed by atoms with Crippen molar-refractivity contribution in [2.45, 2.75) is 13.0 Å². The van der Waals surface area contributed by atoms with Gasteiger partial charge < -0.3 is 10.1 Å². The Hall–Kier alpha value is -1.42. The van der Waals surface area contributed by atoms with Crippen LogP contribution < -0.4 is 10.1 Å². The summed E-state index contributed by atoms with van der Waals surface area (Å²) >= 11 is 17.6. The van der Waals surface area contributed by atoms with Crippen LogP contribution in [0, 0.1) is 0 Å². The Balaban J connectivity index is 2.00. The Kier molecular flexibility index (Phi) is 5.34. The van der Waals surface area contributed by atoms with Crippen molar-refractivity contribution in [3.05, 3.63) is 57.5 Å². The van der Waals surface area contributed by atoms with E-state index in [0.717, 1.165) is 0 Å². The fourth-order valence-corrected chi connectivity index (χ4v) is 2.18. The molecule has 0 heterocycles. The van der Waals surface area contributed by atoms with Gasteiger partial charge in [-0.2, -0.15) is 0 Å². The van der Waals surface area contributed by atoms with Gasteiger partial charge in [0, 0.05) is 10.0 Å². The Bertz CT molecular complexity index is 644. The van der Waals surface area contributed by atoms with Crippen molar-refractivity contribution in [3.8, 4) is 5.75 Å². The summed E-state index contributed by atoms with van der Waals surface area (Å²) in [7, 11) is 0. The van der Waals surface area contributed by atoms with Crippen molar-refractivity contribution < 1.29 is 9.53 Å². The molecule has 2 aromatic rings. The molecule has 3 nitrogen and oxygen atoms in total. The Labute approximate surface area is 137 Å². The molecule has 0 aromatic heterocycles. The van der Waals surface area contributed by atoms with Crippen molar-refractivity contribution >= 4 is 46.4 Å². The van der Waals surface area contributed by atoms with Crippen LogP contribution in [0.3, 0.4) is 0 Å². The summed E-state index contributed by atoms with van der Waals surface area (Å²) < 4.78 is 5.53. The van der Waals surface area contributed by atoms with E-state index < -0.39 is 6.10 Å². The van der Waals surface area contributed by atoms with Crippen LogP contribution in [-0.4, -0.2) is 12.0 Å². The van der Waals surface area contributed by atoms with Crippen molar-refractivity contribution in [1.29, 1.82) is 0 Å². The molecular weight excluding hydrogens is 333 g/mol. The second-order valence-corrected chi connectivity index (χ2v) is 5.61. The van der Waals surface area contributed by atoms with Gasteiger partial charge in [-0.3, -0.25) is 4.79 Å². The molecule has 0 aliphatic rings. The van der Waals surface area contributed by atoms with Crippen molar-refractivity contribution in [3.63, 3.8) is 0 Å². The lowest BCUT2D eigenvalue weighted by atomic mass is 10.3. The van der Waals surface area contributed by atoms with Gasteiger partial charge in [-0.05, 0) is 49.4 Å². The van der Waals surface area contributed by atoms with Gasteiger partial charge in [-0.25, -0.2) is 0 Å². The third-order valence-corrected chi connectivity index (χ3v) is 3.48. The van der Waals surface area contributed by atoms with Crippen LogP contribution in [0.4, 0.5) is 5.69 Å². The number of hydrogen-bond donors (Lipinski definition) is 1. The van der Waals surface area contributed by atoms with Gasteiger partial charge >= 0.3 is 0 Å².